The van der Waals surface area contributed by atoms with Crippen LogP contribution < -0.4 is 5.46 Å². The Hall–Kier alpha value is -0.425. The minimum Gasteiger partial charge on any atom is -0.0875 e. The lowest BCUT2D eigenvalue weighted by Gasteiger charge is -2.00. The van der Waals surface area contributed by atoms with Crippen molar-refractivity contribution < 1.29 is 0 Å². The average molecular weight is 152 g/mol. The predicted octanol–water partition coefficient (Wildman–Crippen LogP) is 1.16. The molecular weight excluding hydrogens is 142 g/mol. The topological polar surface area (TPSA) is 0 Å². The Morgan fingerprint density at radius 1 is 1.50 bits per heavy atom. The second-order valence-electron chi connectivity index (χ2n) is 2.45. The van der Waals surface area contributed by atoms with Crippen LogP contribution in [-0.2, 0) is 6.42 Å². The summed E-state index contributed by atoms with van der Waals surface area (Å²) in [6.45, 7) is 2.11. The zero-order valence-electron chi connectivity index (χ0n) is 6.32. The molecule has 52 valence electrons. The summed E-state index contributed by atoms with van der Waals surface area (Å²) < 4.78 is 0. The predicted molar refractivity (Wildman–Crippen MR) is 49.0 cm³/mol. The van der Waals surface area contributed by atoms with E-state index in [4.69, 9.17) is 11.6 Å². The number of aryl methyl sites for hydroxylation is 1. The first-order chi connectivity index (χ1) is 4.74. The third kappa shape index (κ3) is 1.54. The molecule has 0 bridgehead atoms. The van der Waals surface area contributed by atoms with E-state index in [1.165, 1.54) is 11.0 Å². The summed E-state index contributed by atoms with van der Waals surface area (Å²) in [5.41, 5.74) is 2.45. The van der Waals surface area contributed by atoms with E-state index in [0.717, 1.165) is 11.4 Å². The van der Waals surface area contributed by atoms with Crippen LogP contribution in [0, 0.1) is 0 Å². The molecule has 0 aliphatic carbocycles. The zero-order valence-corrected chi connectivity index (χ0v) is 7.07. The molecule has 0 amide bonds. The quantitative estimate of drug-likeness (QED) is 0.530. The highest BCUT2D eigenvalue weighted by Gasteiger charge is 1.95. The van der Waals surface area contributed by atoms with Crippen molar-refractivity contribution in [1.29, 1.82) is 0 Å². The minimum absolute atomic E-state index is 0.891. The van der Waals surface area contributed by atoms with Crippen LogP contribution in [0.4, 0.5) is 0 Å². The molecule has 0 atom stereocenters. The number of hydrogen-bond acceptors (Lipinski definition) is 0. The first-order valence-electron chi connectivity index (χ1n) is 3.49. The van der Waals surface area contributed by atoms with Crippen molar-refractivity contribution in [3.05, 3.63) is 28.8 Å². The molecule has 0 unspecified atom stereocenters. The van der Waals surface area contributed by atoms with Crippen molar-refractivity contribution in [3.8, 4) is 0 Å². The third-order valence-electron chi connectivity index (χ3n) is 1.59. The van der Waals surface area contributed by atoms with Gasteiger partial charge in [0.2, 0.25) is 0 Å². The zero-order chi connectivity index (χ0) is 7.56. The molecule has 2 heteroatoms. The Bertz CT molecular complexity index is 233. The molecule has 0 radical (unpaired) electrons. The van der Waals surface area contributed by atoms with Gasteiger partial charge in [0, 0.05) is 5.02 Å². The molecule has 0 aromatic heterocycles. The van der Waals surface area contributed by atoms with Crippen molar-refractivity contribution in [2.24, 2.45) is 0 Å². The Labute approximate surface area is 67.6 Å². The fourth-order valence-electron chi connectivity index (χ4n) is 0.939. The van der Waals surface area contributed by atoms with E-state index in [1.807, 2.05) is 13.9 Å². The van der Waals surface area contributed by atoms with Crippen molar-refractivity contribution in [2.75, 3.05) is 0 Å². The monoisotopic (exact) mass is 152 g/mol. The maximum absolute atomic E-state index is 5.93. The number of hydrogen-bond donors (Lipinski definition) is 0. The third-order valence-corrected chi connectivity index (χ3v) is 1.94. The average Bonchev–Trinajstić information content (AvgIpc) is 1.88. The van der Waals surface area contributed by atoms with Gasteiger partial charge in [-0.25, -0.2) is 0 Å². The van der Waals surface area contributed by atoms with Crippen molar-refractivity contribution in [1.82, 2.24) is 0 Å². The van der Waals surface area contributed by atoms with Crippen LogP contribution in [0.3, 0.4) is 0 Å². The maximum atomic E-state index is 5.93. The van der Waals surface area contributed by atoms with Crippen molar-refractivity contribution in [2.45, 2.75) is 13.3 Å². The lowest BCUT2D eigenvalue weighted by Crippen LogP contribution is -2.01. The summed E-state index contributed by atoms with van der Waals surface area (Å²) >= 11 is 5.93. The van der Waals surface area contributed by atoms with E-state index in [2.05, 4.69) is 19.1 Å². The van der Waals surface area contributed by atoms with E-state index in [0.29, 0.717) is 0 Å². The van der Waals surface area contributed by atoms with Gasteiger partial charge < -0.3 is 0 Å². The van der Waals surface area contributed by atoms with Gasteiger partial charge in [0.05, 0.1) is 0 Å². The van der Waals surface area contributed by atoms with Gasteiger partial charge in [-0.3, -0.25) is 0 Å². The minimum atomic E-state index is 0.891. The molecule has 10 heavy (non-hydrogen) atoms. The van der Waals surface area contributed by atoms with E-state index in [9.17, 15) is 0 Å². The van der Waals surface area contributed by atoms with Gasteiger partial charge in [-0.2, -0.15) is 0 Å². The van der Waals surface area contributed by atoms with Crippen LogP contribution in [0.25, 0.3) is 0 Å². The fourth-order valence-corrected chi connectivity index (χ4v) is 1.31. The van der Waals surface area contributed by atoms with Gasteiger partial charge in [0.25, 0.3) is 0 Å². The number of rotatable bonds is 1. The molecule has 0 spiro atoms. The van der Waals surface area contributed by atoms with Gasteiger partial charge in [-0.1, -0.05) is 36.1 Å². The highest BCUT2D eigenvalue weighted by atomic mass is 35.5. The summed E-state index contributed by atoms with van der Waals surface area (Å²) in [6.07, 6.45) is 1.01. The summed E-state index contributed by atoms with van der Waals surface area (Å²) in [5.74, 6) is 0. The Balaban J connectivity index is 3.07. The van der Waals surface area contributed by atoms with Gasteiger partial charge in [0.1, 0.15) is 7.85 Å². The van der Waals surface area contributed by atoms with Crippen LogP contribution in [0.1, 0.15) is 12.5 Å². The first kappa shape index (κ1) is 7.68. The molecule has 0 saturated heterocycles. The fraction of sp³-hybridized carbons (Fsp3) is 0.250. The van der Waals surface area contributed by atoms with Crippen molar-refractivity contribution in [3.63, 3.8) is 0 Å². The van der Waals surface area contributed by atoms with Crippen LogP contribution in [-0.4, -0.2) is 7.85 Å². The molecule has 0 fully saturated rings. The summed E-state index contributed by atoms with van der Waals surface area (Å²) in [4.78, 5) is 0. The van der Waals surface area contributed by atoms with Crippen LogP contribution in [0.5, 0.6) is 0 Å². The normalized spacial score (nSPS) is 9.80. The largest absolute Gasteiger partial charge is 0.139 e. The van der Waals surface area contributed by atoms with E-state index in [1.54, 1.807) is 0 Å². The Morgan fingerprint density at radius 2 is 2.20 bits per heavy atom. The molecule has 0 N–H and O–H groups in total. The molecule has 1 aromatic carbocycles. The molecule has 0 aliphatic heterocycles. The van der Waals surface area contributed by atoms with Crippen LogP contribution >= 0.6 is 11.6 Å². The van der Waals surface area contributed by atoms with Gasteiger partial charge in [-0.15, -0.1) is 0 Å². The highest BCUT2D eigenvalue weighted by molar-refractivity contribution is 6.36. The van der Waals surface area contributed by atoms with Crippen LogP contribution in [0.2, 0.25) is 5.02 Å². The standard InChI is InChI=1S/C8H10BCl/c1-2-6-3-4-7(9)5-8(6)10/h3-5H,2,9H2,1H3. The molecule has 1 rings (SSSR count). The Morgan fingerprint density at radius 3 is 2.70 bits per heavy atom. The number of halogens is 1. The molecule has 0 nitrogen and oxygen atoms in total. The van der Waals surface area contributed by atoms with Gasteiger partial charge >= 0.3 is 0 Å². The first-order valence-corrected chi connectivity index (χ1v) is 3.87. The van der Waals surface area contributed by atoms with E-state index < -0.39 is 0 Å². The summed E-state index contributed by atoms with van der Waals surface area (Å²) in [7, 11) is 2.05. The van der Waals surface area contributed by atoms with Gasteiger partial charge in [0.15, 0.2) is 0 Å². The smallest absolute Gasteiger partial charge is 0.0875 e. The van der Waals surface area contributed by atoms with Gasteiger partial charge in [-0.05, 0) is 18.1 Å². The molecule has 0 saturated carbocycles. The summed E-state index contributed by atoms with van der Waals surface area (Å²) in [6, 6.07) is 6.17. The van der Waals surface area contributed by atoms with E-state index in [-0.39, 0.29) is 0 Å². The van der Waals surface area contributed by atoms with E-state index >= 15 is 0 Å². The second kappa shape index (κ2) is 3.11. The lowest BCUT2D eigenvalue weighted by molar-refractivity contribution is 1.14. The maximum Gasteiger partial charge on any atom is 0.139 e. The SMILES string of the molecule is Bc1ccc(CC)c(Cl)c1. The number of benzene rings is 1. The lowest BCUT2D eigenvalue weighted by atomic mass is 9.95. The highest BCUT2D eigenvalue weighted by Crippen LogP contribution is 2.13. The summed E-state index contributed by atoms with van der Waals surface area (Å²) in [5, 5.41) is 0.891. The van der Waals surface area contributed by atoms with Crippen molar-refractivity contribution >= 4 is 24.9 Å². The Kier molecular flexibility index (Phi) is 2.39. The molecule has 1 aromatic rings. The van der Waals surface area contributed by atoms with Crippen LogP contribution in [0.15, 0.2) is 18.2 Å². The molecular formula is C8H10BCl. The molecule has 0 aliphatic rings. The molecule has 0 heterocycles. The second-order valence-corrected chi connectivity index (χ2v) is 2.86.